The zero-order valence-electron chi connectivity index (χ0n) is 13.4. The van der Waals surface area contributed by atoms with Crippen LogP contribution in [-0.2, 0) is 14.3 Å². The molecule has 0 aliphatic heterocycles. The summed E-state index contributed by atoms with van der Waals surface area (Å²) in [4.78, 5) is 12.5. The van der Waals surface area contributed by atoms with Crippen LogP contribution in [0.4, 0.5) is 0 Å². The van der Waals surface area contributed by atoms with Crippen molar-refractivity contribution in [2.75, 3.05) is 7.11 Å². The first kappa shape index (κ1) is 17.0. The Hall–Kier alpha value is -2.39. The molecule has 0 bridgehead atoms. The van der Waals surface area contributed by atoms with Gasteiger partial charge in [-0.15, -0.1) is 13.2 Å². The van der Waals surface area contributed by atoms with Crippen LogP contribution in [0.15, 0.2) is 67.8 Å². The van der Waals surface area contributed by atoms with Crippen molar-refractivity contribution in [2.45, 2.75) is 25.0 Å². The highest BCUT2D eigenvalue weighted by atomic mass is 16.6. The number of hydrogen-bond donors (Lipinski definition) is 0. The first-order chi connectivity index (χ1) is 11.2. The highest BCUT2D eigenvalue weighted by Gasteiger charge is 2.24. The maximum absolute atomic E-state index is 12.5. The van der Waals surface area contributed by atoms with E-state index < -0.39 is 12.1 Å². The van der Waals surface area contributed by atoms with Gasteiger partial charge in [0.25, 0.3) is 0 Å². The van der Waals surface area contributed by atoms with Crippen molar-refractivity contribution in [3.05, 3.63) is 73.3 Å². The normalized spacial score (nSPS) is 12.1. The van der Waals surface area contributed by atoms with Gasteiger partial charge in [-0.3, -0.25) is 0 Å². The molecule has 23 heavy (non-hydrogen) atoms. The molecule has 0 aliphatic carbocycles. The highest BCUT2D eigenvalue weighted by molar-refractivity contribution is 5.85. The molecule has 0 radical (unpaired) electrons. The Bertz CT molecular complexity index is 680. The molecule has 0 aromatic heterocycles. The summed E-state index contributed by atoms with van der Waals surface area (Å²) in [6.07, 6.45) is 3.66. The van der Waals surface area contributed by atoms with E-state index in [4.69, 9.17) is 9.47 Å². The lowest BCUT2D eigenvalue weighted by Crippen LogP contribution is -2.23. The van der Waals surface area contributed by atoms with Crippen molar-refractivity contribution >= 4 is 16.7 Å². The average molecular weight is 310 g/mol. The summed E-state index contributed by atoms with van der Waals surface area (Å²) in [5.41, 5.74) is 0.784. The SMILES string of the molecule is C=CCC(CC=C)OC(=O)[C@H](OC)c1ccc2ccccc2c1. The smallest absolute Gasteiger partial charge is 0.340 e. The van der Waals surface area contributed by atoms with Gasteiger partial charge in [-0.25, -0.2) is 4.79 Å². The number of carbonyl (C=O) groups excluding carboxylic acids is 1. The van der Waals surface area contributed by atoms with E-state index in [1.807, 2.05) is 42.5 Å². The Morgan fingerprint density at radius 3 is 2.35 bits per heavy atom. The van der Waals surface area contributed by atoms with E-state index in [1.54, 1.807) is 12.2 Å². The molecule has 0 aliphatic rings. The zero-order chi connectivity index (χ0) is 16.7. The Balaban J connectivity index is 2.20. The number of fused-ring (bicyclic) bond motifs is 1. The maximum Gasteiger partial charge on any atom is 0.340 e. The van der Waals surface area contributed by atoms with Gasteiger partial charge in [0.1, 0.15) is 6.10 Å². The van der Waals surface area contributed by atoms with Gasteiger partial charge in [0.2, 0.25) is 0 Å². The minimum Gasteiger partial charge on any atom is -0.460 e. The van der Waals surface area contributed by atoms with Gasteiger partial charge < -0.3 is 9.47 Å². The largest absolute Gasteiger partial charge is 0.460 e. The number of ether oxygens (including phenoxy) is 2. The average Bonchev–Trinajstić information content (AvgIpc) is 2.56. The third-order valence-electron chi connectivity index (χ3n) is 3.67. The number of methoxy groups -OCH3 is 1. The van der Waals surface area contributed by atoms with Crippen LogP contribution in [0.2, 0.25) is 0 Å². The second-order valence-corrected chi connectivity index (χ2v) is 5.33. The van der Waals surface area contributed by atoms with Crippen LogP contribution in [0.25, 0.3) is 10.8 Å². The third kappa shape index (κ3) is 4.30. The lowest BCUT2D eigenvalue weighted by Gasteiger charge is -2.20. The second-order valence-electron chi connectivity index (χ2n) is 5.33. The molecule has 0 amide bonds. The van der Waals surface area contributed by atoms with Crippen molar-refractivity contribution in [2.24, 2.45) is 0 Å². The Morgan fingerprint density at radius 1 is 1.09 bits per heavy atom. The summed E-state index contributed by atoms with van der Waals surface area (Å²) in [6.45, 7) is 7.38. The van der Waals surface area contributed by atoms with Crippen LogP contribution in [0.5, 0.6) is 0 Å². The Morgan fingerprint density at radius 2 is 1.74 bits per heavy atom. The molecule has 0 fully saturated rings. The first-order valence-corrected chi connectivity index (χ1v) is 7.63. The van der Waals surface area contributed by atoms with Crippen molar-refractivity contribution in [3.8, 4) is 0 Å². The second kappa shape index (κ2) is 8.30. The monoisotopic (exact) mass is 310 g/mol. The fourth-order valence-corrected chi connectivity index (χ4v) is 2.53. The molecule has 120 valence electrons. The molecule has 0 unspecified atom stereocenters. The molecule has 3 nitrogen and oxygen atoms in total. The van der Waals surface area contributed by atoms with Crippen LogP contribution >= 0.6 is 0 Å². The van der Waals surface area contributed by atoms with Crippen LogP contribution in [0, 0.1) is 0 Å². The summed E-state index contributed by atoms with van der Waals surface area (Å²) < 4.78 is 10.9. The molecule has 0 heterocycles. The standard InChI is InChI=1S/C20H22O3/c1-4-8-18(9-5-2)23-20(21)19(22-3)17-13-12-15-10-6-7-11-16(15)14-17/h4-7,10-14,18-19H,1-2,8-9H2,3H3/t19-/m1/s1. The minimum absolute atomic E-state index is 0.254. The molecule has 0 spiro atoms. The zero-order valence-corrected chi connectivity index (χ0v) is 13.4. The van der Waals surface area contributed by atoms with E-state index in [0.717, 1.165) is 16.3 Å². The number of carbonyl (C=O) groups is 1. The van der Waals surface area contributed by atoms with E-state index in [2.05, 4.69) is 13.2 Å². The fraction of sp³-hybridized carbons (Fsp3) is 0.250. The number of benzene rings is 2. The van der Waals surface area contributed by atoms with E-state index in [1.165, 1.54) is 7.11 Å². The number of esters is 1. The molecule has 2 aromatic rings. The summed E-state index contributed by atoms with van der Waals surface area (Å²) in [5, 5.41) is 2.18. The maximum atomic E-state index is 12.5. The fourth-order valence-electron chi connectivity index (χ4n) is 2.53. The topological polar surface area (TPSA) is 35.5 Å². The van der Waals surface area contributed by atoms with Gasteiger partial charge in [0.05, 0.1) is 0 Å². The van der Waals surface area contributed by atoms with E-state index in [0.29, 0.717) is 12.8 Å². The molecule has 2 aromatic carbocycles. The molecular formula is C20H22O3. The Kier molecular flexibility index (Phi) is 6.12. The minimum atomic E-state index is -0.739. The van der Waals surface area contributed by atoms with E-state index >= 15 is 0 Å². The van der Waals surface area contributed by atoms with Crippen molar-refractivity contribution < 1.29 is 14.3 Å². The predicted molar refractivity (Wildman–Crippen MR) is 93.2 cm³/mol. The number of hydrogen-bond acceptors (Lipinski definition) is 3. The lowest BCUT2D eigenvalue weighted by atomic mass is 10.0. The summed E-state index contributed by atoms with van der Waals surface area (Å²) in [5.74, 6) is -0.392. The van der Waals surface area contributed by atoms with Gasteiger partial charge in [-0.05, 0) is 22.4 Å². The number of rotatable bonds is 8. The van der Waals surface area contributed by atoms with Gasteiger partial charge >= 0.3 is 5.97 Å². The lowest BCUT2D eigenvalue weighted by molar-refractivity contribution is -0.161. The summed E-state index contributed by atoms with van der Waals surface area (Å²) >= 11 is 0. The van der Waals surface area contributed by atoms with Crippen molar-refractivity contribution in [1.82, 2.24) is 0 Å². The van der Waals surface area contributed by atoms with Crippen molar-refractivity contribution in [3.63, 3.8) is 0 Å². The molecule has 2 rings (SSSR count). The van der Waals surface area contributed by atoms with E-state index in [-0.39, 0.29) is 6.10 Å². The van der Waals surface area contributed by atoms with Gasteiger partial charge in [-0.1, -0.05) is 48.6 Å². The molecule has 0 saturated carbocycles. The molecule has 0 saturated heterocycles. The van der Waals surface area contributed by atoms with Crippen LogP contribution in [0.3, 0.4) is 0 Å². The van der Waals surface area contributed by atoms with Crippen LogP contribution < -0.4 is 0 Å². The molecule has 3 heteroatoms. The Labute approximate surface area is 137 Å². The molecular weight excluding hydrogens is 288 g/mol. The van der Waals surface area contributed by atoms with Gasteiger partial charge in [-0.2, -0.15) is 0 Å². The highest BCUT2D eigenvalue weighted by Crippen LogP contribution is 2.24. The van der Waals surface area contributed by atoms with Gasteiger partial charge in [0.15, 0.2) is 6.10 Å². The molecule has 0 N–H and O–H groups in total. The van der Waals surface area contributed by atoms with Gasteiger partial charge in [0, 0.05) is 20.0 Å². The quantitative estimate of drug-likeness (QED) is 0.528. The van der Waals surface area contributed by atoms with Crippen LogP contribution in [-0.4, -0.2) is 19.2 Å². The van der Waals surface area contributed by atoms with Crippen molar-refractivity contribution in [1.29, 1.82) is 0 Å². The molecule has 1 atom stereocenters. The predicted octanol–water partition coefficient (Wildman–Crippen LogP) is 4.59. The first-order valence-electron chi connectivity index (χ1n) is 7.63. The summed E-state index contributed by atoms with van der Waals surface area (Å²) in [7, 11) is 1.51. The van der Waals surface area contributed by atoms with E-state index in [9.17, 15) is 4.79 Å². The van der Waals surface area contributed by atoms with Crippen LogP contribution in [0.1, 0.15) is 24.5 Å². The summed E-state index contributed by atoms with van der Waals surface area (Å²) in [6, 6.07) is 13.8. The third-order valence-corrected chi connectivity index (χ3v) is 3.67.